The second-order valence-corrected chi connectivity index (χ2v) is 5.59. The van der Waals surface area contributed by atoms with E-state index in [1.54, 1.807) is 7.05 Å². The maximum absolute atomic E-state index is 13.7. The number of aryl methyl sites for hydroxylation is 1. The molecule has 2 aromatic heterocycles. The third kappa shape index (κ3) is 2.64. The number of benzene rings is 1. The predicted molar refractivity (Wildman–Crippen MR) is 78.1 cm³/mol. The molecule has 0 saturated heterocycles. The van der Waals surface area contributed by atoms with E-state index >= 15 is 0 Å². The fraction of sp³-hybridized carbons (Fsp3) is 0.143. The molecule has 1 aromatic carbocycles. The Morgan fingerprint density at radius 2 is 2.00 bits per heavy atom. The van der Waals surface area contributed by atoms with Gasteiger partial charge in [-0.1, -0.05) is 0 Å². The van der Waals surface area contributed by atoms with Crippen molar-refractivity contribution in [2.45, 2.75) is 6.92 Å². The van der Waals surface area contributed by atoms with Crippen molar-refractivity contribution in [3.8, 4) is 11.6 Å². The molecule has 0 aliphatic rings. The van der Waals surface area contributed by atoms with Crippen LogP contribution in [-0.4, -0.2) is 17.0 Å². The Bertz CT molecular complexity index is 819. The lowest BCUT2D eigenvalue weighted by molar-refractivity contribution is 0.427. The van der Waals surface area contributed by atoms with E-state index in [9.17, 15) is 8.78 Å². The zero-order valence-electron chi connectivity index (χ0n) is 11.3. The van der Waals surface area contributed by atoms with Gasteiger partial charge in [0, 0.05) is 18.0 Å². The minimum absolute atomic E-state index is 0.193. The zero-order chi connectivity index (χ0) is 15.0. The molecule has 0 bridgehead atoms. The predicted octanol–water partition coefficient (Wildman–Crippen LogP) is 4.11. The molecular weight excluding hydrogens is 296 g/mol. The maximum Gasteiger partial charge on any atom is 0.233 e. The van der Waals surface area contributed by atoms with Gasteiger partial charge >= 0.3 is 0 Å². The lowest BCUT2D eigenvalue weighted by Gasteiger charge is -2.08. The van der Waals surface area contributed by atoms with Crippen LogP contribution in [0.3, 0.4) is 0 Å². The molecule has 0 spiro atoms. The van der Waals surface area contributed by atoms with Crippen molar-refractivity contribution in [3.63, 3.8) is 0 Å². The van der Waals surface area contributed by atoms with E-state index in [0.717, 1.165) is 27.9 Å². The summed E-state index contributed by atoms with van der Waals surface area (Å²) in [6.45, 7) is 1.93. The van der Waals surface area contributed by atoms with Crippen LogP contribution >= 0.6 is 11.3 Å². The van der Waals surface area contributed by atoms with E-state index in [1.807, 2.05) is 13.0 Å². The molecule has 21 heavy (non-hydrogen) atoms. The Labute approximate surface area is 123 Å². The number of halogens is 2. The number of ether oxygens (including phenoxy) is 1. The van der Waals surface area contributed by atoms with E-state index < -0.39 is 11.6 Å². The number of aromatic nitrogens is 2. The van der Waals surface area contributed by atoms with Crippen LogP contribution in [0.2, 0.25) is 0 Å². The molecule has 0 aliphatic heterocycles. The van der Waals surface area contributed by atoms with Crippen molar-refractivity contribution in [2.75, 3.05) is 12.4 Å². The summed E-state index contributed by atoms with van der Waals surface area (Å²) < 4.78 is 32.4. The largest absolute Gasteiger partial charge is 0.435 e. The number of hydrogen-bond acceptors (Lipinski definition) is 5. The summed E-state index contributed by atoms with van der Waals surface area (Å²) in [6.07, 6.45) is 0. The minimum Gasteiger partial charge on any atom is -0.435 e. The second kappa shape index (κ2) is 5.25. The molecule has 1 N–H and O–H groups in total. The molecule has 2 heterocycles. The number of anilines is 1. The number of nitrogens with zero attached hydrogens (tertiary/aromatic N) is 2. The number of hydrogen-bond donors (Lipinski definition) is 1. The molecule has 0 atom stereocenters. The van der Waals surface area contributed by atoms with Gasteiger partial charge in [0.2, 0.25) is 11.8 Å². The monoisotopic (exact) mass is 307 g/mol. The van der Waals surface area contributed by atoms with Crippen molar-refractivity contribution in [1.29, 1.82) is 0 Å². The third-order valence-corrected chi connectivity index (χ3v) is 3.75. The highest BCUT2D eigenvalue weighted by atomic mass is 32.1. The van der Waals surface area contributed by atoms with Crippen molar-refractivity contribution in [2.24, 2.45) is 0 Å². The van der Waals surface area contributed by atoms with Gasteiger partial charge in [-0.15, -0.1) is 11.3 Å². The summed E-state index contributed by atoms with van der Waals surface area (Å²) in [6, 6.07) is 4.89. The van der Waals surface area contributed by atoms with Crippen LogP contribution in [0, 0.1) is 18.6 Å². The molecule has 3 aromatic rings. The maximum atomic E-state index is 13.7. The summed E-state index contributed by atoms with van der Waals surface area (Å²) in [5.74, 6) is -0.886. The normalized spacial score (nSPS) is 10.9. The van der Waals surface area contributed by atoms with Crippen LogP contribution in [-0.2, 0) is 0 Å². The topological polar surface area (TPSA) is 47.0 Å². The number of fused-ring (bicyclic) bond motifs is 1. The van der Waals surface area contributed by atoms with Crippen LogP contribution in [0.5, 0.6) is 11.6 Å². The average molecular weight is 307 g/mol. The molecule has 7 heteroatoms. The second-order valence-electron chi connectivity index (χ2n) is 4.36. The van der Waals surface area contributed by atoms with Crippen LogP contribution in [0.25, 0.3) is 10.2 Å². The summed E-state index contributed by atoms with van der Waals surface area (Å²) in [7, 11) is 1.67. The van der Waals surface area contributed by atoms with E-state index in [1.165, 1.54) is 11.3 Å². The molecule has 0 radical (unpaired) electrons. The van der Waals surface area contributed by atoms with Crippen LogP contribution < -0.4 is 10.1 Å². The van der Waals surface area contributed by atoms with Gasteiger partial charge in [0.15, 0.2) is 11.6 Å². The molecule has 0 saturated carbocycles. The van der Waals surface area contributed by atoms with Gasteiger partial charge in [0.05, 0.1) is 5.39 Å². The number of nitrogens with one attached hydrogen (secondary N) is 1. The molecule has 0 unspecified atom stereocenters. The van der Waals surface area contributed by atoms with Gasteiger partial charge in [-0.2, -0.15) is 4.98 Å². The highest BCUT2D eigenvalue weighted by molar-refractivity contribution is 7.18. The van der Waals surface area contributed by atoms with Crippen molar-refractivity contribution in [1.82, 2.24) is 9.97 Å². The van der Waals surface area contributed by atoms with Crippen molar-refractivity contribution >= 4 is 27.5 Å². The minimum atomic E-state index is -0.652. The SMILES string of the molecule is CNc1nc(Oc2cc(F)ccc2F)c2cc(C)sc2n1. The highest BCUT2D eigenvalue weighted by Gasteiger charge is 2.14. The quantitative estimate of drug-likeness (QED) is 0.791. The first-order valence-corrected chi connectivity index (χ1v) is 6.97. The smallest absolute Gasteiger partial charge is 0.233 e. The molecule has 0 fully saturated rings. The Balaban J connectivity index is 2.12. The summed E-state index contributed by atoms with van der Waals surface area (Å²) in [5.41, 5.74) is 0. The molecule has 108 valence electrons. The van der Waals surface area contributed by atoms with Crippen LogP contribution in [0.4, 0.5) is 14.7 Å². The van der Waals surface area contributed by atoms with Gasteiger partial charge in [0.1, 0.15) is 10.6 Å². The fourth-order valence-electron chi connectivity index (χ4n) is 1.86. The van der Waals surface area contributed by atoms with Gasteiger partial charge < -0.3 is 10.1 Å². The number of rotatable bonds is 3. The number of thiophene rings is 1. The van der Waals surface area contributed by atoms with Gasteiger partial charge in [-0.25, -0.2) is 13.8 Å². The van der Waals surface area contributed by atoms with E-state index in [0.29, 0.717) is 11.3 Å². The highest BCUT2D eigenvalue weighted by Crippen LogP contribution is 2.34. The van der Waals surface area contributed by atoms with Gasteiger partial charge in [-0.3, -0.25) is 0 Å². The molecule has 3 rings (SSSR count). The average Bonchev–Trinajstić information content (AvgIpc) is 2.83. The van der Waals surface area contributed by atoms with Crippen LogP contribution in [0.1, 0.15) is 4.88 Å². The third-order valence-electron chi connectivity index (χ3n) is 2.80. The standard InChI is InChI=1S/C14H11F2N3OS/c1-7-5-9-12(18-14(17-2)19-13(9)21-7)20-11-6-8(15)3-4-10(11)16/h3-6H,1-2H3,(H,17,18,19). The molecule has 4 nitrogen and oxygen atoms in total. The summed E-state index contributed by atoms with van der Waals surface area (Å²) in [5, 5.41) is 3.48. The fourth-order valence-corrected chi connectivity index (χ4v) is 2.74. The Kier molecular flexibility index (Phi) is 3.42. The first kappa shape index (κ1) is 13.7. The summed E-state index contributed by atoms with van der Waals surface area (Å²) in [4.78, 5) is 10.2. The van der Waals surface area contributed by atoms with Crippen molar-refractivity contribution in [3.05, 3.63) is 40.8 Å². The first-order valence-electron chi connectivity index (χ1n) is 6.15. The molecule has 0 aliphatic carbocycles. The van der Waals surface area contributed by atoms with Gasteiger partial charge in [0.25, 0.3) is 0 Å². The Hall–Kier alpha value is -2.28. The Morgan fingerprint density at radius 3 is 2.76 bits per heavy atom. The lowest BCUT2D eigenvalue weighted by atomic mass is 10.3. The Morgan fingerprint density at radius 1 is 1.19 bits per heavy atom. The molecule has 0 amide bonds. The van der Waals surface area contributed by atoms with E-state index in [2.05, 4.69) is 15.3 Å². The summed E-state index contributed by atoms with van der Waals surface area (Å²) >= 11 is 1.47. The van der Waals surface area contributed by atoms with E-state index in [4.69, 9.17) is 4.74 Å². The van der Waals surface area contributed by atoms with Crippen molar-refractivity contribution < 1.29 is 13.5 Å². The van der Waals surface area contributed by atoms with Crippen LogP contribution in [0.15, 0.2) is 24.3 Å². The zero-order valence-corrected chi connectivity index (χ0v) is 12.1. The lowest BCUT2D eigenvalue weighted by Crippen LogP contribution is -1.99. The van der Waals surface area contributed by atoms with E-state index in [-0.39, 0.29) is 11.6 Å². The first-order chi connectivity index (χ1) is 10.1. The molecular formula is C14H11F2N3OS. The van der Waals surface area contributed by atoms with Gasteiger partial charge in [-0.05, 0) is 25.1 Å².